The van der Waals surface area contributed by atoms with E-state index >= 15 is 0 Å². The summed E-state index contributed by atoms with van der Waals surface area (Å²) in [5.74, 6) is -0.280. The number of aryl methyl sites for hydroxylation is 1. The molecule has 1 aromatic carbocycles. The largest absolute Gasteiger partial charge is 0.468 e. The molecule has 2 aromatic rings. The highest BCUT2D eigenvalue weighted by Crippen LogP contribution is 2.36. The fourth-order valence-electron chi connectivity index (χ4n) is 2.25. The first kappa shape index (κ1) is 17.6. The number of aromatic nitrogens is 2. The Morgan fingerprint density at radius 2 is 1.96 bits per heavy atom. The van der Waals surface area contributed by atoms with Crippen LogP contribution in [0.4, 0.5) is 0 Å². The second-order valence-corrected chi connectivity index (χ2v) is 6.21. The van der Waals surface area contributed by atoms with Crippen molar-refractivity contribution in [3.05, 3.63) is 47.3 Å². The monoisotopic (exact) mass is 334 g/mol. The molecular formula is C17H22N2O3S. The molecule has 5 nitrogen and oxygen atoms in total. The molecule has 0 amide bonds. The SMILES string of the molecule is COCCn1c(SC(C(=O)OC)c2ccccc2)nc(C)c1C. The number of nitrogens with zero attached hydrogens (tertiary/aromatic N) is 2. The summed E-state index contributed by atoms with van der Waals surface area (Å²) in [6, 6.07) is 9.61. The first-order chi connectivity index (χ1) is 11.1. The zero-order chi connectivity index (χ0) is 16.8. The topological polar surface area (TPSA) is 53.4 Å². The standard InChI is InChI=1S/C17H22N2O3S/c1-12-13(2)19(10-11-21-3)17(18-12)23-15(16(20)22-4)14-8-6-5-7-9-14/h5-9,15H,10-11H2,1-4H3. The maximum atomic E-state index is 12.2. The van der Waals surface area contributed by atoms with Gasteiger partial charge < -0.3 is 14.0 Å². The van der Waals surface area contributed by atoms with Gasteiger partial charge in [0.1, 0.15) is 5.25 Å². The number of esters is 1. The summed E-state index contributed by atoms with van der Waals surface area (Å²) < 4.78 is 12.2. The molecule has 0 spiro atoms. The number of imidazole rings is 1. The molecule has 0 radical (unpaired) electrons. The van der Waals surface area contributed by atoms with Crippen molar-refractivity contribution in [2.45, 2.75) is 30.8 Å². The van der Waals surface area contributed by atoms with Gasteiger partial charge in [0.2, 0.25) is 0 Å². The zero-order valence-corrected chi connectivity index (χ0v) is 14.7. The Morgan fingerprint density at radius 3 is 2.57 bits per heavy atom. The quantitative estimate of drug-likeness (QED) is 0.575. The van der Waals surface area contributed by atoms with Gasteiger partial charge in [-0.25, -0.2) is 4.98 Å². The summed E-state index contributed by atoms with van der Waals surface area (Å²) >= 11 is 1.41. The molecule has 124 valence electrons. The highest BCUT2D eigenvalue weighted by Gasteiger charge is 2.26. The minimum atomic E-state index is -0.441. The third-order valence-electron chi connectivity index (χ3n) is 3.68. The molecular weight excluding hydrogens is 312 g/mol. The van der Waals surface area contributed by atoms with Gasteiger partial charge in [0, 0.05) is 19.3 Å². The maximum Gasteiger partial charge on any atom is 0.323 e. The molecule has 0 fully saturated rings. The van der Waals surface area contributed by atoms with Gasteiger partial charge in [-0.2, -0.15) is 0 Å². The summed E-state index contributed by atoms with van der Waals surface area (Å²) in [4.78, 5) is 16.8. The smallest absolute Gasteiger partial charge is 0.323 e. The number of hydrogen-bond acceptors (Lipinski definition) is 5. The van der Waals surface area contributed by atoms with Crippen LogP contribution in [-0.2, 0) is 20.8 Å². The fourth-order valence-corrected chi connectivity index (χ4v) is 3.49. The number of carbonyl (C=O) groups excluding carboxylic acids is 1. The Balaban J connectivity index is 2.33. The molecule has 1 atom stereocenters. The van der Waals surface area contributed by atoms with Gasteiger partial charge in [0.25, 0.3) is 0 Å². The third kappa shape index (κ3) is 4.14. The number of methoxy groups -OCH3 is 2. The molecule has 0 bridgehead atoms. The van der Waals surface area contributed by atoms with Gasteiger partial charge in [0.15, 0.2) is 5.16 Å². The maximum absolute atomic E-state index is 12.2. The molecule has 0 saturated carbocycles. The van der Waals surface area contributed by atoms with Crippen molar-refractivity contribution < 1.29 is 14.3 Å². The number of benzene rings is 1. The molecule has 0 aliphatic carbocycles. The molecule has 0 aliphatic heterocycles. The second-order valence-electron chi connectivity index (χ2n) is 5.14. The van der Waals surface area contributed by atoms with E-state index in [2.05, 4.69) is 9.55 Å². The minimum absolute atomic E-state index is 0.280. The molecule has 1 heterocycles. The molecule has 0 aliphatic rings. The summed E-state index contributed by atoms with van der Waals surface area (Å²) in [6.07, 6.45) is 0. The summed E-state index contributed by atoms with van der Waals surface area (Å²) in [5, 5.41) is 0.361. The van der Waals surface area contributed by atoms with Gasteiger partial charge in [0.05, 0.1) is 19.4 Å². The Kier molecular flexibility index (Phi) is 6.24. The van der Waals surface area contributed by atoms with Gasteiger partial charge >= 0.3 is 5.97 Å². The highest BCUT2D eigenvalue weighted by atomic mass is 32.2. The van der Waals surface area contributed by atoms with E-state index < -0.39 is 5.25 Å². The molecule has 0 saturated heterocycles. The average molecular weight is 334 g/mol. The van der Waals surface area contributed by atoms with Crippen LogP contribution in [0.15, 0.2) is 35.5 Å². The molecule has 2 rings (SSSR count). The van der Waals surface area contributed by atoms with E-state index in [1.165, 1.54) is 18.9 Å². The number of rotatable bonds is 7. The number of thioether (sulfide) groups is 1. The van der Waals surface area contributed by atoms with Crippen molar-refractivity contribution in [2.24, 2.45) is 0 Å². The van der Waals surface area contributed by atoms with Crippen LogP contribution in [0.3, 0.4) is 0 Å². The van der Waals surface area contributed by atoms with Gasteiger partial charge in [-0.05, 0) is 19.4 Å². The normalized spacial score (nSPS) is 12.2. The van der Waals surface area contributed by atoms with E-state index in [1.807, 2.05) is 44.2 Å². The van der Waals surface area contributed by atoms with Crippen LogP contribution >= 0.6 is 11.8 Å². The van der Waals surface area contributed by atoms with Gasteiger partial charge in [-0.1, -0.05) is 42.1 Å². The molecule has 0 N–H and O–H groups in total. The Labute approximate surface area is 141 Å². The van der Waals surface area contributed by atoms with Gasteiger partial charge in [-0.15, -0.1) is 0 Å². The number of hydrogen-bond donors (Lipinski definition) is 0. The summed E-state index contributed by atoms with van der Waals surface area (Å²) in [7, 11) is 3.08. The van der Waals surface area contributed by atoms with Crippen molar-refractivity contribution in [2.75, 3.05) is 20.8 Å². The molecule has 1 unspecified atom stereocenters. The van der Waals surface area contributed by atoms with E-state index in [1.54, 1.807) is 7.11 Å². The van der Waals surface area contributed by atoms with E-state index in [0.717, 1.165) is 22.1 Å². The van der Waals surface area contributed by atoms with Crippen LogP contribution in [0.25, 0.3) is 0 Å². The van der Waals surface area contributed by atoms with Crippen molar-refractivity contribution in [1.29, 1.82) is 0 Å². The minimum Gasteiger partial charge on any atom is -0.468 e. The highest BCUT2D eigenvalue weighted by molar-refractivity contribution is 8.00. The Hall–Kier alpha value is -1.79. The van der Waals surface area contributed by atoms with E-state index in [-0.39, 0.29) is 5.97 Å². The van der Waals surface area contributed by atoms with E-state index in [0.29, 0.717) is 13.2 Å². The second kappa shape index (κ2) is 8.17. The van der Waals surface area contributed by atoms with Crippen molar-refractivity contribution in [1.82, 2.24) is 9.55 Å². The zero-order valence-electron chi connectivity index (χ0n) is 13.9. The lowest BCUT2D eigenvalue weighted by Gasteiger charge is -2.16. The predicted molar refractivity (Wildman–Crippen MR) is 90.6 cm³/mol. The summed E-state index contributed by atoms with van der Waals surface area (Å²) in [6.45, 7) is 5.29. The predicted octanol–water partition coefficient (Wildman–Crippen LogP) is 3.15. The van der Waals surface area contributed by atoms with Crippen LogP contribution in [-0.4, -0.2) is 36.3 Å². The lowest BCUT2D eigenvalue weighted by atomic mass is 10.1. The Bertz CT molecular complexity index is 655. The Morgan fingerprint density at radius 1 is 1.26 bits per heavy atom. The number of carbonyl (C=O) groups is 1. The van der Waals surface area contributed by atoms with Crippen LogP contribution in [0.5, 0.6) is 0 Å². The average Bonchev–Trinajstić information content (AvgIpc) is 2.84. The lowest BCUT2D eigenvalue weighted by Crippen LogP contribution is -2.13. The van der Waals surface area contributed by atoms with Crippen LogP contribution in [0.2, 0.25) is 0 Å². The van der Waals surface area contributed by atoms with E-state index in [9.17, 15) is 4.79 Å². The van der Waals surface area contributed by atoms with Crippen molar-refractivity contribution in [3.63, 3.8) is 0 Å². The molecule has 1 aromatic heterocycles. The van der Waals surface area contributed by atoms with Crippen molar-refractivity contribution in [3.8, 4) is 0 Å². The van der Waals surface area contributed by atoms with Crippen LogP contribution in [0.1, 0.15) is 22.2 Å². The third-order valence-corrected chi connectivity index (χ3v) is 4.91. The molecule has 23 heavy (non-hydrogen) atoms. The van der Waals surface area contributed by atoms with Crippen molar-refractivity contribution >= 4 is 17.7 Å². The first-order valence-electron chi connectivity index (χ1n) is 7.40. The molecule has 6 heteroatoms. The van der Waals surface area contributed by atoms with Crippen LogP contribution < -0.4 is 0 Å². The van der Waals surface area contributed by atoms with E-state index in [4.69, 9.17) is 9.47 Å². The summed E-state index contributed by atoms with van der Waals surface area (Å²) in [5.41, 5.74) is 2.95. The van der Waals surface area contributed by atoms with Gasteiger partial charge in [-0.3, -0.25) is 4.79 Å². The first-order valence-corrected chi connectivity index (χ1v) is 8.28. The van der Waals surface area contributed by atoms with Crippen LogP contribution in [0, 0.1) is 13.8 Å². The lowest BCUT2D eigenvalue weighted by molar-refractivity contribution is -0.140. The fraction of sp³-hybridized carbons (Fsp3) is 0.412. The number of ether oxygens (including phenoxy) is 2.